The van der Waals surface area contributed by atoms with Crippen molar-refractivity contribution in [1.29, 1.82) is 0 Å². The Morgan fingerprint density at radius 3 is 2.37 bits per heavy atom. The van der Waals surface area contributed by atoms with E-state index in [1.54, 1.807) is 6.92 Å². The molecule has 3 N–H and O–H groups in total. The minimum Gasteiger partial charge on any atom is -0.480 e. The van der Waals surface area contributed by atoms with Gasteiger partial charge >= 0.3 is 5.97 Å². The summed E-state index contributed by atoms with van der Waals surface area (Å²) >= 11 is 0. The van der Waals surface area contributed by atoms with E-state index in [9.17, 15) is 18.0 Å². The van der Waals surface area contributed by atoms with Crippen LogP contribution in [0.15, 0.2) is 0 Å². The Hall–Kier alpha value is -1.15. The van der Waals surface area contributed by atoms with Crippen molar-refractivity contribution in [1.82, 2.24) is 10.6 Å². The second kappa shape index (κ2) is 5.09. The standard InChI is InChI=1S/C11H20N2O5S/c1-10(2,9(15)16)12-6-8(14)13-11(3)4-5-19(17,18)7-11/h12H,4-7H2,1-3H3,(H,13,14)(H,15,16). The molecule has 8 heteroatoms. The van der Waals surface area contributed by atoms with Crippen molar-refractivity contribution in [3.8, 4) is 0 Å². The molecule has 1 unspecified atom stereocenters. The van der Waals surface area contributed by atoms with Crippen molar-refractivity contribution in [3.05, 3.63) is 0 Å². The highest BCUT2D eigenvalue weighted by Crippen LogP contribution is 2.22. The molecule has 1 aliphatic rings. The van der Waals surface area contributed by atoms with Crippen LogP contribution in [0.25, 0.3) is 0 Å². The van der Waals surface area contributed by atoms with Crippen LogP contribution in [0.4, 0.5) is 0 Å². The maximum absolute atomic E-state index is 11.7. The van der Waals surface area contributed by atoms with Gasteiger partial charge in [-0.15, -0.1) is 0 Å². The summed E-state index contributed by atoms with van der Waals surface area (Å²) < 4.78 is 22.8. The molecule has 0 bridgehead atoms. The average Bonchev–Trinajstić information content (AvgIpc) is 2.50. The van der Waals surface area contributed by atoms with Crippen LogP contribution in [0.3, 0.4) is 0 Å². The Kier molecular flexibility index (Phi) is 4.26. The Labute approximate surface area is 112 Å². The lowest BCUT2D eigenvalue weighted by molar-refractivity contribution is -0.143. The molecule has 1 saturated heterocycles. The molecular formula is C11H20N2O5S. The van der Waals surface area contributed by atoms with Crippen LogP contribution < -0.4 is 10.6 Å². The first-order valence-corrected chi connectivity index (χ1v) is 7.78. The molecule has 19 heavy (non-hydrogen) atoms. The number of carbonyl (C=O) groups is 2. The SMILES string of the molecule is CC1(NC(=O)CNC(C)(C)C(=O)O)CCS(=O)(=O)C1. The average molecular weight is 292 g/mol. The topological polar surface area (TPSA) is 113 Å². The summed E-state index contributed by atoms with van der Waals surface area (Å²) in [5.74, 6) is -1.48. The smallest absolute Gasteiger partial charge is 0.323 e. The number of rotatable bonds is 5. The lowest BCUT2D eigenvalue weighted by Gasteiger charge is -2.26. The van der Waals surface area contributed by atoms with Gasteiger partial charge in [0.2, 0.25) is 5.91 Å². The molecule has 0 aromatic rings. The molecule has 1 fully saturated rings. The molecule has 0 saturated carbocycles. The van der Waals surface area contributed by atoms with Gasteiger partial charge in [-0.05, 0) is 27.2 Å². The highest BCUT2D eigenvalue weighted by atomic mass is 32.2. The van der Waals surface area contributed by atoms with Crippen molar-refractivity contribution in [2.45, 2.75) is 38.3 Å². The van der Waals surface area contributed by atoms with Gasteiger partial charge < -0.3 is 10.4 Å². The predicted molar refractivity (Wildman–Crippen MR) is 69.5 cm³/mol. The summed E-state index contributed by atoms with van der Waals surface area (Å²) in [7, 11) is -3.09. The van der Waals surface area contributed by atoms with E-state index in [0.717, 1.165) is 0 Å². The summed E-state index contributed by atoms with van der Waals surface area (Å²) in [5.41, 5.74) is -1.97. The van der Waals surface area contributed by atoms with E-state index < -0.39 is 32.8 Å². The van der Waals surface area contributed by atoms with Crippen LogP contribution in [-0.2, 0) is 19.4 Å². The molecule has 110 valence electrons. The van der Waals surface area contributed by atoms with Crippen LogP contribution in [0.2, 0.25) is 0 Å². The first-order chi connectivity index (χ1) is 8.46. The van der Waals surface area contributed by atoms with E-state index in [1.165, 1.54) is 13.8 Å². The quantitative estimate of drug-likeness (QED) is 0.607. The van der Waals surface area contributed by atoms with Gasteiger partial charge in [-0.3, -0.25) is 14.9 Å². The molecule has 7 nitrogen and oxygen atoms in total. The fraction of sp³-hybridized carbons (Fsp3) is 0.818. The summed E-state index contributed by atoms with van der Waals surface area (Å²) in [4.78, 5) is 22.6. The van der Waals surface area contributed by atoms with Crippen LogP contribution in [0.5, 0.6) is 0 Å². The zero-order valence-electron chi connectivity index (χ0n) is 11.3. The molecule has 1 rings (SSSR count). The molecule has 1 heterocycles. The van der Waals surface area contributed by atoms with Gasteiger partial charge in [0, 0.05) is 0 Å². The van der Waals surface area contributed by atoms with Gasteiger partial charge in [-0.1, -0.05) is 0 Å². The Morgan fingerprint density at radius 1 is 1.37 bits per heavy atom. The number of aliphatic carboxylic acids is 1. The maximum Gasteiger partial charge on any atom is 0.323 e. The summed E-state index contributed by atoms with van der Waals surface area (Å²) in [6.45, 7) is 4.40. The van der Waals surface area contributed by atoms with Crippen molar-refractivity contribution in [3.63, 3.8) is 0 Å². The van der Waals surface area contributed by atoms with E-state index in [2.05, 4.69) is 10.6 Å². The first kappa shape index (κ1) is 15.9. The van der Waals surface area contributed by atoms with Gasteiger partial charge in [-0.25, -0.2) is 8.42 Å². The van der Waals surface area contributed by atoms with Gasteiger partial charge in [0.15, 0.2) is 9.84 Å². The monoisotopic (exact) mass is 292 g/mol. The van der Waals surface area contributed by atoms with Crippen molar-refractivity contribution in [2.24, 2.45) is 0 Å². The van der Waals surface area contributed by atoms with Crippen LogP contribution >= 0.6 is 0 Å². The fourth-order valence-corrected chi connectivity index (χ4v) is 3.96. The van der Waals surface area contributed by atoms with Gasteiger partial charge in [0.25, 0.3) is 0 Å². The third kappa shape index (κ3) is 4.46. The molecule has 1 atom stereocenters. The van der Waals surface area contributed by atoms with Crippen LogP contribution in [0.1, 0.15) is 27.2 Å². The largest absolute Gasteiger partial charge is 0.480 e. The third-order valence-electron chi connectivity index (χ3n) is 3.17. The number of amides is 1. The van der Waals surface area contributed by atoms with Gasteiger partial charge in [0.1, 0.15) is 5.54 Å². The lowest BCUT2D eigenvalue weighted by atomic mass is 10.0. The summed E-state index contributed by atoms with van der Waals surface area (Å²) in [6.07, 6.45) is 0.378. The molecular weight excluding hydrogens is 272 g/mol. The number of carbonyl (C=O) groups excluding carboxylic acids is 1. The third-order valence-corrected chi connectivity index (χ3v) is 5.07. The molecule has 0 aromatic carbocycles. The van der Waals surface area contributed by atoms with E-state index in [1.807, 2.05) is 0 Å². The highest BCUT2D eigenvalue weighted by molar-refractivity contribution is 7.91. The second-order valence-electron chi connectivity index (χ2n) is 5.73. The zero-order chi connectivity index (χ0) is 14.9. The van der Waals surface area contributed by atoms with E-state index >= 15 is 0 Å². The summed E-state index contributed by atoms with van der Waals surface area (Å²) in [5, 5.41) is 14.1. The first-order valence-electron chi connectivity index (χ1n) is 5.96. The van der Waals surface area contributed by atoms with E-state index in [-0.39, 0.29) is 18.1 Å². The predicted octanol–water partition coefficient (Wildman–Crippen LogP) is -0.867. The fourth-order valence-electron chi connectivity index (χ4n) is 1.87. The van der Waals surface area contributed by atoms with Gasteiger partial charge in [-0.2, -0.15) is 0 Å². The molecule has 0 aromatic heterocycles. The van der Waals surface area contributed by atoms with E-state index in [4.69, 9.17) is 5.11 Å². The number of carboxylic acids is 1. The Balaban J connectivity index is 2.51. The van der Waals surface area contributed by atoms with Crippen molar-refractivity contribution < 1.29 is 23.1 Å². The molecule has 0 radical (unpaired) electrons. The molecule has 0 aliphatic carbocycles. The Bertz CT molecular complexity index is 485. The number of carboxylic acid groups (broad SMARTS) is 1. The normalized spacial score (nSPS) is 26.1. The van der Waals surface area contributed by atoms with Crippen LogP contribution in [0, 0.1) is 0 Å². The lowest BCUT2D eigenvalue weighted by Crippen LogP contribution is -2.54. The maximum atomic E-state index is 11.7. The minimum atomic E-state index is -3.09. The van der Waals surface area contributed by atoms with E-state index in [0.29, 0.717) is 6.42 Å². The molecule has 0 spiro atoms. The van der Waals surface area contributed by atoms with Crippen LogP contribution in [-0.4, -0.2) is 54.5 Å². The van der Waals surface area contributed by atoms with Crippen molar-refractivity contribution >= 4 is 21.7 Å². The number of sulfone groups is 1. The number of nitrogens with one attached hydrogen (secondary N) is 2. The summed E-state index contributed by atoms with van der Waals surface area (Å²) in [6, 6.07) is 0. The second-order valence-corrected chi connectivity index (χ2v) is 7.92. The number of hydrogen-bond acceptors (Lipinski definition) is 5. The minimum absolute atomic E-state index is 0.0673. The molecule has 1 amide bonds. The molecule has 1 aliphatic heterocycles. The van der Waals surface area contributed by atoms with Crippen molar-refractivity contribution in [2.75, 3.05) is 18.1 Å². The number of hydrogen-bond donors (Lipinski definition) is 3. The zero-order valence-corrected chi connectivity index (χ0v) is 12.1. The highest BCUT2D eigenvalue weighted by Gasteiger charge is 2.39. The van der Waals surface area contributed by atoms with Gasteiger partial charge in [0.05, 0.1) is 23.6 Å². The Morgan fingerprint density at radius 2 is 1.95 bits per heavy atom.